The Morgan fingerprint density at radius 2 is 1.76 bits per heavy atom. The highest BCUT2D eigenvalue weighted by molar-refractivity contribution is 5.84. The molecule has 0 aliphatic heterocycles. The Hall–Kier alpha value is -2.82. The minimum atomic E-state index is -0.652. The predicted molar refractivity (Wildman–Crippen MR) is 98.6 cm³/mol. The van der Waals surface area contributed by atoms with E-state index >= 15 is 0 Å². The molecule has 5 nitrogen and oxygen atoms in total. The lowest BCUT2D eigenvalue weighted by atomic mass is 10.0. The number of rotatable bonds is 5. The van der Waals surface area contributed by atoms with Crippen molar-refractivity contribution in [1.82, 2.24) is 19.7 Å². The summed E-state index contributed by atoms with van der Waals surface area (Å²) >= 11 is 0. The summed E-state index contributed by atoms with van der Waals surface area (Å²) in [7, 11) is 0. The van der Waals surface area contributed by atoms with Crippen LogP contribution in [0.25, 0.3) is 5.69 Å². The molecule has 25 heavy (non-hydrogen) atoms. The lowest BCUT2D eigenvalue weighted by Gasteiger charge is -2.27. The van der Waals surface area contributed by atoms with Gasteiger partial charge in [-0.2, -0.15) is 5.10 Å². The van der Waals surface area contributed by atoms with Gasteiger partial charge in [-0.25, -0.2) is 4.68 Å². The van der Waals surface area contributed by atoms with Crippen molar-refractivity contribution in [3.8, 4) is 5.69 Å². The molecule has 130 valence electrons. The molecule has 1 N–H and O–H groups in total. The van der Waals surface area contributed by atoms with Gasteiger partial charge in [-0.1, -0.05) is 18.2 Å². The van der Waals surface area contributed by atoms with Crippen molar-refractivity contribution in [1.29, 1.82) is 0 Å². The van der Waals surface area contributed by atoms with Crippen molar-refractivity contribution in [2.24, 2.45) is 0 Å². The van der Waals surface area contributed by atoms with Crippen LogP contribution in [0.5, 0.6) is 0 Å². The number of benzene rings is 1. The number of hydrogen-bond donors (Lipinski definition) is 1. The first-order chi connectivity index (χ1) is 11.9. The van der Waals surface area contributed by atoms with E-state index in [9.17, 15) is 4.79 Å². The van der Waals surface area contributed by atoms with Crippen LogP contribution in [0.15, 0.2) is 61.1 Å². The van der Waals surface area contributed by atoms with Crippen LogP contribution in [0, 0.1) is 6.92 Å². The second kappa shape index (κ2) is 6.59. The molecular formula is C20H24N4O. The molecule has 0 spiro atoms. The van der Waals surface area contributed by atoms with Crippen LogP contribution in [0.3, 0.4) is 0 Å². The fourth-order valence-electron chi connectivity index (χ4n) is 2.95. The maximum Gasteiger partial charge on any atom is 0.246 e. The van der Waals surface area contributed by atoms with Gasteiger partial charge in [-0.15, -0.1) is 0 Å². The van der Waals surface area contributed by atoms with E-state index < -0.39 is 5.54 Å². The third-order valence-corrected chi connectivity index (χ3v) is 4.67. The molecule has 0 aliphatic carbocycles. The van der Waals surface area contributed by atoms with Crippen LogP contribution in [0.1, 0.15) is 38.1 Å². The highest BCUT2D eigenvalue weighted by Crippen LogP contribution is 2.22. The summed E-state index contributed by atoms with van der Waals surface area (Å²) in [6.07, 6.45) is 5.64. The van der Waals surface area contributed by atoms with Crippen molar-refractivity contribution in [3.63, 3.8) is 0 Å². The van der Waals surface area contributed by atoms with Gasteiger partial charge >= 0.3 is 0 Å². The van der Waals surface area contributed by atoms with Gasteiger partial charge in [0.2, 0.25) is 5.91 Å². The molecule has 3 rings (SSSR count). The smallest absolute Gasteiger partial charge is 0.246 e. The molecule has 5 heteroatoms. The fourth-order valence-corrected chi connectivity index (χ4v) is 2.95. The normalized spacial score (nSPS) is 12.8. The van der Waals surface area contributed by atoms with Crippen molar-refractivity contribution in [2.75, 3.05) is 0 Å². The molecule has 1 atom stereocenters. The number of carbonyl (C=O) groups excluding carboxylic acids is 1. The van der Waals surface area contributed by atoms with Crippen molar-refractivity contribution in [3.05, 3.63) is 72.3 Å². The van der Waals surface area contributed by atoms with E-state index in [0.29, 0.717) is 0 Å². The van der Waals surface area contributed by atoms with E-state index in [0.717, 1.165) is 16.9 Å². The SMILES string of the molecule is Cc1c(C(C)NC(=O)C(C)(C)n2cccc2)cnn1-c1ccccc1. The Kier molecular flexibility index (Phi) is 4.49. The highest BCUT2D eigenvalue weighted by Gasteiger charge is 2.30. The number of nitrogens with zero attached hydrogens (tertiary/aromatic N) is 3. The summed E-state index contributed by atoms with van der Waals surface area (Å²) in [4.78, 5) is 12.8. The van der Waals surface area contributed by atoms with Gasteiger partial charge < -0.3 is 9.88 Å². The van der Waals surface area contributed by atoms with Gasteiger partial charge in [0.05, 0.1) is 17.9 Å². The molecule has 1 unspecified atom stereocenters. The average molecular weight is 336 g/mol. The van der Waals surface area contributed by atoms with E-state index in [1.807, 2.05) is 98.0 Å². The van der Waals surface area contributed by atoms with E-state index in [-0.39, 0.29) is 11.9 Å². The molecule has 1 aromatic carbocycles. The first-order valence-corrected chi connectivity index (χ1v) is 8.45. The van der Waals surface area contributed by atoms with Crippen LogP contribution < -0.4 is 5.32 Å². The molecule has 2 heterocycles. The largest absolute Gasteiger partial charge is 0.347 e. The van der Waals surface area contributed by atoms with Crippen LogP contribution in [0.4, 0.5) is 0 Å². The third-order valence-electron chi connectivity index (χ3n) is 4.67. The molecule has 0 radical (unpaired) electrons. The third kappa shape index (κ3) is 3.22. The van der Waals surface area contributed by atoms with Crippen molar-refractivity contribution in [2.45, 2.75) is 39.3 Å². The molecule has 3 aromatic rings. The van der Waals surface area contributed by atoms with Gasteiger partial charge in [0.15, 0.2) is 0 Å². The van der Waals surface area contributed by atoms with E-state index in [1.54, 1.807) is 0 Å². The topological polar surface area (TPSA) is 51.9 Å². The fraction of sp³-hybridized carbons (Fsp3) is 0.300. The minimum Gasteiger partial charge on any atom is -0.347 e. The zero-order valence-electron chi connectivity index (χ0n) is 15.1. The number of carbonyl (C=O) groups is 1. The second-order valence-corrected chi connectivity index (χ2v) is 6.78. The summed E-state index contributed by atoms with van der Waals surface area (Å²) < 4.78 is 3.81. The van der Waals surface area contributed by atoms with Gasteiger partial charge in [0, 0.05) is 23.7 Å². The number of amides is 1. The van der Waals surface area contributed by atoms with Crippen LogP contribution in [-0.4, -0.2) is 20.3 Å². The highest BCUT2D eigenvalue weighted by atomic mass is 16.2. The standard InChI is InChI=1S/C20H24N4O/c1-15(22-19(25)20(3,4)23-12-8-9-13-23)18-14-21-24(16(18)2)17-10-6-5-7-11-17/h5-15H,1-4H3,(H,22,25). The molecule has 0 fully saturated rings. The molecule has 0 saturated carbocycles. The van der Waals surface area contributed by atoms with Gasteiger partial charge in [0.25, 0.3) is 0 Å². The van der Waals surface area contributed by atoms with E-state index in [1.165, 1.54) is 0 Å². The summed E-state index contributed by atoms with van der Waals surface area (Å²) in [6, 6.07) is 13.7. The molecule has 2 aromatic heterocycles. The van der Waals surface area contributed by atoms with Crippen LogP contribution >= 0.6 is 0 Å². The van der Waals surface area contributed by atoms with E-state index in [4.69, 9.17) is 0 Å². The lowest BCUT2D eigenvalue weighted by Crippen LogP contribution is -2.44. The predicted octanol–water partition coefficient (Wildman–Crippen LogP) is 3.59. The maximum atomic E-state index is 12.8. The quantitative estimate of drug-likeness (QED) is 0.774. The van der Waals surface area contributed by atoms with Crippen LogP contribution in [-0.2, 0) is 10.3 Å². The Morgan fingerprint density at radius 1 is 1.12 bits per heavy atom. The van der Waals surface area contributed by atoms with Gasteiger partial charge in [0.1, 0.15) is 5.54 Å². The molecule has 0 saturated heterocycles. The first-order valence-electron chi connectivity index (χ1n) is 8.45. The zero-order valence-corrected chi connectivity index (χ0v) is 15.1. The molecule has 0 aliphatic rings. The Balaban J connectivity index is 1.79. The van der Waals surface area contributed by atoms with Crippen LogP contribution in [0.2, 0.25) is 0 Å². The Bertz CT molecular complexity index is 847. The average Bonchev–Trinajstić information content (AvgIpc) is 3.25. The summed E-state index contributed by atoms with van der Waals surface area (Å²) in [5.41, 5.74) is 2.40. The first kappa shape index (κ1) is 17.0. The van der Waals surface area contributed by atoms with E-state index in [2.05, 4.69) is 10.4 Å². The number of hydrogen-bond acceptors (Lipinski definition) is 2. The summed E-state index contributed by atoms with van der Waals surface area (Å²) in [5.74, 6) is -0.0249. The Labute approximate surface area is 148 Å². The van der Waals surface area contributed by atoms with Gasteiger partial charge in [-0.05, 0) is 52.0 Å². The molecule has 1 amide bonds. The number of nitrogens with one attached hydrogen (secondary N) is 1. The lowest BCUT2D eigenvalue weighted by molar-refractivity contribution is -0.129. The number of aromatic nitrogens is 3. The van der Waals surface area contributed by atoms with Crippen molar-refractivity contribution < 1.29 is 4.79 Å². The summed E-state index contributed by atoms with van der Waals surface area (Å²) in [5, 5.41) is 7.60. The summed E-state index contributed by atoms with van der Waals surface area (Å²) in [6.45, 7) is 7.84. The zero-order chi connectivity index (χ0) is 18.0. The number of para-hydroxylation sites is 1. The Morgan fingerprint density at radius 3 is 2.40 bits per heavy atom. The minimum absolute atomic E-state index is 0.0249. The molecular weight excluding hydrogens is 312 g/mol. The monoisotopic (exact) mass is 336 g/mol. The van der Waals surface area contributed by atoms with Gasteiger partial charge in [-0.3, -0.25) is 4.79 Å². The van der Waals surface area contributed by atoms with Crippen molar-refractivity contribution >= 4 is 5.91 Å². The second-order valence-electron chi connectivity index (χ2n) is 6.78. The molecule has 0 bridgehead atoms. The maximum absolute atomic E-state index is 12.8.